The molecule has 0 unspecified atom stereocenters. The van der Waals surface area contributed by atoms with Crippen LogP contribution >= 0.6 is 0 Å². The summed E-state index contributed by atoms with van der Waals surface area (Å²) in [5.41, 5.74) is 7.11. The molecule has 0 saturated heterocycles. The number of methoxy groups -OCH3 is 1. The minimum Gasteiger partial charge on any atom is -0.496 e. The summed E-state index contributed by atoms with van der Waals surface area (Å²) in [6, 6.07) is 5.27. The van der Waals surface area contributed by atoms with Crippen molar-refractivity contribution in [1.82, 2.24) is 5.32 Å². The molecule has 0 heterocycles. The largest absolute Gasteiger partial charge is 0.496 e. The molecule has 0 aliphatic rings. The normalized spacial score (nSPS) is 10.1. The lowest BCUT2D eigenvalue weighted by Crippen LogP contribution is -2.26. The zero-order chi connectivity index (χ0) is 12.8. The molecule has 1 aromatic rings. The number of nitrogen functional groups attached to an aromatic ring is 1. The van der Waals surface area contributed by atoms with Crippen LogP contribution in [0.5, 0.6) is 5.75 Å². The first-order chi connectivity index (χ1) is 8.02. The maximum atomic E-state index is 11.3. The van der Waals surface area contributed by atoms with Gasteiger partial charge in [-0.05, 0) is 32.0 Å². The molecule has 0 aliphatic carbocycles. The summed E-state index contributed by atoms with van der Waals surface area (Å²) in [5, 5.41) is 2.64. The number of rotatable bonds is 4. The van der Waals surface area contributed by atoms with Gasteiger partial charge in [0.25, 0.3) is 0 Å². The van der Waals surface area contributed by atoms with E-state index in [2.05, 4.69) is 5.32 Å². The van der Waals surface area contributed by atoms with Crippen LogP contribution in [0.2, 0.25) is 0 Å². The first-order valence-electron chi connectivity index (χ1n) is 5.39. The fourth-order valence-electron chi connectivity index (χ4n) is 1.36. The Morgan fingerprint density at radius 2 is 2.18 bits per heavy atom. The number of amides is 1. The summed E-state index contributed by atoms with van der Waals surface area (Å²) >= 11 is 0. The molecule has 0 bridgehead atoms. The van der Waals surface area contributed by atoms with Gasteiger partial charge in [-0.15, -0.1) is 0 Å². The van der Waals surface area contributed by atoms with E-state index in [0.29, 0.717) is 18.0 Å². The highest BCUT2D eigenvalue weighted by Crippen LogP contribution is 2.20. The fraction of sp³-hybridized carbons (Fsp3) is 0.417. The molecule has 0 aliphatic heterocycles. The molecule has 3 N–H and O–H groups in total. The van der Waals surface area contributed by atoms with Gasteiger partial charge in [-0.25, -0.2) is 4.79 Å². The van der Waals surface area contributed by atoms with Crippen molar-refractivity contribution in [3.05, 3.63) is 23.8 Å². The lowest BCUT2D eigenvalue weighted by atomic mass is 10.2. The molecule has 5 heteroatoms. The van der Waals surface area contributed by atoms with Gasteiger partial charge in [0.05, 0.1) is 13.2 Å². The molecule has 0 saturated carbocycles. The second kappa shape index (κ2) is 5.98. The highest BCUT2D eigenvalue weighted by molar-refractivity contribution is 5.67. The third-order valence-electron chi connectivity index (χ3n) is 2.07. The molecule has 17 heavy (non-hydrogen) atoms. The molecule has 0 radical (unpaired) electrons. The SMILES string of the molecule is COc1ccc(N)cc1CNC(=O)OC(C)C. The molecular formula is C12H18N2O3. The Morgan fingerprint density at radius 3 is 2.76 bits per heavy atom. The zero-order valence-corrected chi connectivity index (χ0v) is 10.3. The highest BCUT2D eigenvalue weighted by Gasteiger charge is 2.07. The van der Waals surface area contributed by atoms with Crippen molar-refractivity contribution in [3.63, 3.8) is 0 Å². The molecule has 1 rings (SSSR count). The number of carbonyl (C=O) groups is 1. The summed E-state index contributed by atoms with van der Waals surface area (Å²) in [6.07, 6.45) is -0.595. The van der Waals surface area contributed by atoms with E-state index in [1.54, 1.807) is 39.2 Å². The highest BCUT2D eigenvalue weighted by atomic mass is 16.6. The summed E-state index contributed by atoms with van der Waals surface area (Å²) < 4.78 is 10.1. The monoisotopic (exact) mass is 238 g/mol. The topological polar surface area (TPSA) is 73.6 Å². The summed E-state index contributed by atoms with van der Waals surface area (Å²) in [6.45, 7) is 3.90. The number of benzene rings is 1. The second-order valence-electron chi connectivity index (χ2n) is 3.88. The lowest BCUT2D eigenvalue weighted by molar-refractivity contribution is 0.115. The Labute approximate surface area is 101 Å². The number of carbonyl (C=O) groups excluding carboxylic acids is 1. The minimum atomic E-state index is -0.454. The van der Waals surface area contributed by atoms with Crippen LogP contribution in [-0.4, -0.2) is 19.3 Å². The molecule has 94 valence electrons. The van der Waals surface area contributed by atoms with E-state index < -0.39 is 6.09 Å². The number of hydrogen-bond donors (Lipinski definition) is 2. The van der Waals surface area contributed by atoms with Crippen molar-refractivity contribution in [2.75, 3.05) is 12.8 Å². The van der Waals surface area contributed by atoms with Gasteiger partial charge >= 0.3 is 6.09 Å². The van der Waals surface area contributed by atoms with Crippen LogP contribution in [0.15, 0.2) is 18.2 Å². The second-order valence-corrected chi connectivity index (χ2v) is 3.88. The van der Waals surface area contributed by atoms with Gasteiger partial charge in [0.15, 0.2) is 0 Å². The average molecular weight is 238 g/mol. The zero-order valence-electron chi connectivity index (χ0n) is 10.3. The number of nitrogens with two attached hydrogens (primary N) is 1. The molecule has 0 fully saturated rings. The molecule has 0 aromatic heterocycles. The number of ether oxygens (including phenoxy) is 2. The number of nitrogens with one attached hydrogen (secondary N) is 1. The summed E-state index contributed by atoms with van der Waals surface area (Å²) in [4.78, 5) is 11.3. The number of alkyl carbamates (subject to hydrolysis) is 1. The maximum absolute atomic E-state index is 11.3. The van der Waals surface area contributed by atoms with E-state index in [-0.39, 0.29) is 6.10 Å². The van der Waals surface area contributed by atoms with E-state index in [0.717, 1.165) is 5.56 Å². The van der Waals surface area contributed by atoms with Crippen molar-refractivity contribution in [3.8, 4) is 5.75 Å². The van der Waals surface area contributed by atoms with E-state index in [1.807, 2.05) is 0 Å². The van der Waals surface area contributed by atoms with Gasteiger partial charge in [0.1, 0.15) is 5.75 Å². The Kier molecular flexibility index (Phi) is 4.63. The van der Waals surface area contributed by atoms with Crippen LogP contribution < -0.4 is 15.8 Å². The van der Waals surface area contributed by atoms with Gasteiger partial charge in [-0.2, -0.15) is 0 Å². The third kappa shape index (κ3) is 4.22. The van der Waals surface area contributed by atoms with E-state index in [1.165, 1.54) is 0 Å². The van der Waals surface area contributed by atoms with Gasteiger partial charge in [-0.1, -0.05) is 0 Å². The third-order valence-corrected chi connectivity index (χ3v) is 2.07. The smallest absolute Gasteiger partial charge is 0.407 e. The molecule has 1 amide bonds. The van der Waals surface area contributed by atoms with Crippen molar-refractivity contribution < 1.29 is 14.3 Å². The Hall–Kier alpha value is -1.91. The van der Waals surface area contributed by atoms with E-state index in [9.17, 15) is 4.79 Å². The molecule has 5 nitrogen and oxygen atoms in total. The number of hydrogen-bond acceptors (Lipinski definition) is 4. The van der Waals surface area contributed by atoms with Crippen LogP contribution in [0.3, 0.4) is 0 Å². The van der Waals surface area contributed by atoms with Crippen molar-refractivity contribution in [1.29, 1.82) is 0 Å². The van der Waals surface area contributed by atoms with E-state index >= 15 is 0 Å². The van der Waals surface area contributed by atoms with E-state index in [4.69, 9.17) is 15.2 Å². The molecule has 1 aromatic carbocycles. The van der Waals surface area contributed by atoms with Crippen molar-refractivity contribution >= 4 is 11.8 Å². The standard InChI is InChI=1S/C12H18N2O3/c1-8(2)17-12(15)14-7-9-6-10(13)4-5-11(9)16-3/h4-6,8H,7,13H2,1-3H3,(H,14,15). The predicted molar refractivity (Wildman–Crippen MR) is 65.9 cm³/mol. The first-order valence-corrected chi connectivity index (χ1v) is 5.39. The minimum absolute atomic E-state index is 0.141. The van der Waals surface area contributed by atoms with Crippen LogP contribution in [-0.2, 0) is 11.3 Å². The van der Waals surface area contributed by atoms with Crippen LogP contribution in [0.4, 0.5) is 10.5 Å². The Bertz CT molecular complexity index is 391. The quantitative estimate of drug-likeness (QED) is 0.786. The van der Waals surface area contributed by atoms with Gasteiger partial charge in [0.2, 0.25) is 0 Å². The maximum Gasteiger partial charge on any atom is 0.407 e. The average Bonchev–Trinajstić information content (AvgIpc) is 2.25. The van der Waals surface area contributed by atoms with Crippen molar-refractivity contribution in [2.45, 2.75) is 26.5 Å². The molecule has 0 spiro atoms. The summed E-state index contributed by atoms with van der Waals surface area (Å²) in [5.74, 6) is 0.684. The molecular weight excluding hydrogens is 220 g/mol. The molecule has 0 atom stereocenters. The summed E-state index contributed by atoms with van der Waals surface area (Å²) in [7, 11) is 1.57. The van der Waals surface area contributed by atoms with Gasteiger partial charge in [-0.3, -0.25) is 0 Å². The predicted octanol–water partition coefficient (Wildman–Crippen LogP) is 1.91. The van der Waals surface area contributed by atoms with Crippen molar-refractivity contribution in [2.24, 2.45) is 0 Å². The first kappa shape index (κ1) is 13.2. The van der Waals surface area contributed by atoms with Crippen LogP contribution in [0.25, 0.3) is 0 Å². The lowest BCUT2D eigenvalue weighted by Gasteiger charge is -2.12. The Balaban J connectivity index is 2.62. The van der Waals surface area contributed by atoms with Crippen LogP contribution in [0, 0.1) is 0 Å². The van der Waals surface area contributed by atoms with Gasteiger partial charge in [0, 0.05) is 17.8 Å². The Morgan fingerprint density at radius 1 is 1.47 bits per heavy atom. The van der Waals surface area contributed by atoms with Crippen LogP contribution in [0.1, 0.15) is 19.4 Å². The fourth-order valence-corrected chi connectivity index (χ4v) is 1.36. The van der Waals surface area contributed by atoms with Gasteiger partial charge < -0.3 is 20.5 Å². The number of anilines is 1.